The van der Waals surface area contributed by atoms with Crippen LogP contribution in [0.1, 0.15) is 24.1 Å². The number of carbonyl (C=O) groups is 1. The lowest BCUT2D eigenvalue weighted by molar-refractivity contribution is -0.135. The fourth-order valence-corrected chi connectivity index (χ4v) is 2.22. The van der Waals surface area contributed by atoms with Crippen LogP contribution in [0.5, 0.6) is 0 Å². The maximum atomic E-state index is 10.7. The van der Waals surface area contributed by atoms with Gasteiger partial charge in [0.2, 0.25) is 5.95 Å². The molecule has 0 radical (unpaired) electrons. The van der Waals surface area contributed by atoms with Crippen molar-refractivity contribution in [2.75, 3.05) is 25.5 Å². The number of aliphatic carboxylic acids is 1. The number of likely N-dealkylation sites (N-methyl/N-ethyl adjacent to an activating group) is 1. The molecular formula is C16H21N5O2. The van der Waals surface area contributed by atoms with Gasteiger partial charge in [0.1, 0.15) is 6.54 Å². The van der Waals surface area contributed by atoms with E-state index >= 15 is 0 Å². The van der Waals surface area contributed by atoms with Crippen LogP contribution in [0.2, 0.25) is 0 Å². The Kier molecular flexibility index (Phi) is 5.59. The number of carboxylic acid groups (broad SMARTS) is 1. The first kappa shape index (κ1) is 16.8. The summed E-state index contributed by atoms with van der Waals surface area (Å²) in [6, 6.07) is 4.25. The van der Waals surface area contributed by atoms with Crippen molar-refractivity contribution >= 4 is 11.9 Å². The Bertz CT molecular complexity index is 633. The fourth-order valence-electron chi connectivity index (χ4n) is 2.22. The number of hydrogen-bond acceptors (Lipinski definition) is 6. The first-order valence-electron chi connectivity index (χ1n) is 7.31. The summed E-state index contributed by atoms with van der Waals surface area (Å²) in [5, 5.41) is 8.78. The molecule has 0 saturated heterocycles. The molecule has 0 bridgehead atoms. The van der Waals surface area contributed by atoms with Gasteiger partial charge in [-0.15, -0.1) is 0 Å². The van der Waals surface area contributed by atoms with Crippen LogP contribution in [0, 0.1) is 0 Å². The molecule has 2 heterocycles. The minimum absolute atomic E-state index is 0.127. The lowest BCUT2D eigenvalue weighted by Gasteiger charge is -2.25. The summed E-state index contributed by atoms with van der Waals surface area (Å²) < 4.78 is 0. The molecule has 2 rings (SSSR count). The van der Waals surface area contributed by atoms with Gasteiger partial charge in [-0.25, -0.2) is 9.97 Å². The molecule has 0 aliphatic rings. The number of pyridine rings is 1. The molecule has 0 aliphatic heterocycles. The second-order valence-corrected chi connectivity index (χ2v) is 5.51. The van der Waals surface area contributed by atoms with Crippen LogP contribution in [-0.2, 0) is 11.3 Å². The maximum Gasteiger partial charge on any atom is 0.323 e. The average molecular weight is 315 g/mol. The van der Waals surface area contributed by atoms with Gasteiger partial charge in [0.25, 0.3) is 0 Å². The van der Waals surface area contributed by atoms with E-state index < -0.39 is 5.97 Å². The number of carboxylic acids is 1. The number of hydrogen-bond donors (Lipinski definition) is 1. The third kappa shape index (κ3) is 4.72. The minimum Gasteiger partial charge on any atom is -0.480 e. The van der Waals surface area contributed by atoms with Crippen LogP contribution in [0.4, 0.5) is 5.95 Å². The third-order valence-corrected chi connectivity index (χ3v) is 3.69. The van der Waals surface area contributed by atoms with Gasteiger partial charge < -0.3 is 10.0 Å². The summed E-state index contributed by atoms with van der Waals surface area (Å²) in [5.41, 5.74) is 2.17. The molecule has 122 valence electrons. The van der Waals surface area contributed by atoms with Crippen molar-refractivity contribution in [1.29, 1.82) is 0 Å². The van der Waals surface area contributed by atoms with Crippen LogP contribution in [0.15, 0.2) is 36.9 Å². The molecule has 0 fully saturated rings. The predicted octanol–water partition coefficient (Wildman–Crippen LogP) is 1.59. The standard InChI is InChI=1S/C16H21N5O2/c1-12(14-4-6-17-7-5-14)20(2)10-13-8-18-16(19-9-13)21(3)11-15(22)23/h4-9,12H,10-11H2,1-3H3,(H,22,23)/t12-/m1/s1. The molecule has 2 aromatic rings. The average Bonchev–Trinajstić information content (AvgIpc) is 2.55. The lowest BCUT2D eigenvalue weighted by atomic mass is 10.1. The molecule has 1 N–H and O–H groups in total. The summed E-state index contributed by atoms with van der Waals surface area (Å²) in [5.74, 6) is -0.507. The van der Waals surface area contributed by atoms with Gasteiger partial charge in [-0.1, -0.05) is 0 Å². The lowest BCUT2D eigenvalue weighted by Crippen LogP contribution is -2.27. The minimum atomic E-state index is -0.911. The molecule has 0 saturated carbocycles. The van der Waals surface area contributed by atoms with Crippen molar-refractivity contribution in [3.63, 3.8) is 0 Å². The quantitative estimate of drug-likeness (QED) is 0.830. The van der Waals surface area contributed by atoms with E-state index in [2.05, 4.69) is 26.8 Å². The Balaban J connectivity index is 1.99. The zero-order valence-corrected chi connectivity index (χ0v) is 13.5. The first-order chi connectivity index (χ1) is 11.0. The third-order valence-electron chi connectivity index (χ3n) is 3.69. The van der Waals surface area contributed by atoms with Gasteiger partial charge in [-0.2, -0.15) is 0 Å². The highest BCUT2D eigenvalue weighted by Gasteiger charge is 2.13. The molecule has 0 aromatic carbocycles. The van der Waals surface area contributed by atoms with E-state index in [1.807, 2.05) is 19.2 Å². The largest absolute Gasteiger partial charge is 0.480 e. The molecule has 0 aliphatic carbocycles. The summed E-state index contributed by atoms with van der Waals surface area (Å²) in [6.07, 6.45) is 7.04. The molecular weight excluding hydrogens is 294 g/mol. The Morgan fingerprint density at radius 3 is 2.39 bits per heavy atom. The van der Waals surface area contributed by atoms with Gasteiger partial charge in [-0.3, -0.25) is 14.7 Å². The molecule has 7 nitrogen and oxygen atoms in total. The smallest absolute Gasteiger partial charge is 0.323 e. The molecule has 0 amide bonds. The van der Waals surface area contributed by atoms with E-state index in [0.717, 1.165) is 5.56 Å². The highest BCUT2D eigenvalue weighted by Crippen LogP contribution is 2.19. The fraction of sp³-hybridized carbons (Fsp3) is 0.375. The van der Waals surface area contributed by atoms with E-state index in [0.29, 0.717) is 12.5 Å². The molecule has 23 heavy (non-hydrogen) atoms. The highest BCUT2D eigenvalue weighted by atomic mass is 16.4. The summed E-state index contributed by atoms with van der Waals surface area (Å²) in [4.78, 5) is 26.9. The zero-order chi connectivity index (χ0) is 16.8. The molecule has 2 aromatic heterocycles. The van der Waals surface area contributed by atoms with Gasteiger partial charge in [0.15, 0.2) is 0 Å². The van der Waals surface area contributed by atoms with E-state index in [4.69, 9.17) is 5.11 Å². The molecule has 0 unspecified atom stereocenters. The van der Waals surface area contributed by atoms with Crippen molar-refractivity contribution in [2.45, 2.75) is 19.5 Å². The van der Waals surface area contributed by atoms with Crippen LogP contribution in [-0.4, -0.2) is 51.6 Å². The topological polar surface area (TPSA) is 82.5 Å². The monoisotopic (exact) mass is 315 g/mol. The van der Waals surface area contributed by atoms with Crippen LogP contribution >= 0.6 is 0 Å². The van der Waals surface area contributed by atoms with Crippen molar-refractivity contribution in [2.24, 2.45) is 0 Å². The van der Waals surface area contributed by atoms with E-state index in [1.165, 1.54) is 10.5 Å². The second kappa shape index (κ2) is 7.64. The number of rotatable bonds is 7. The Morgan fingerprint density at radius 2 is 1.83 bits per heavy atom. The Labute approximate surface area is 135 Å². The van der Waals surface area contributed by atoms with Gasteiger partial charge in [0.05, 0.1) is 0 Å². The zero-order valence-electron chi connectivity index (χ0n) is 13.5. The first-order valence-corrected chi connectivity index (χ1v) is 7.31. The second-order valence-electron chi connectivity index (χ2n) is 5.51. The normalized spacial score (nSPS) is 12.2. The van der Waals surface area contributed by atoms with Crippen molar-refractivity contribution in [3.8, 4) is 0 Å². The van der Waals surface area contributed by atoms with E-state index in [-0.39, 0.29) is 12.6 Å². The van der Waals surface area contributed by atoms with Crippen molar-refractivity contribution < 1.29 is 9.90 Å². The summed E-state index contributed by atoms with van der Waals surface area (Å²) in [6.45, 7) is 2.70. The summed E-state index contributed by atoms with van der Waals surface area (Å²) in [7, 11) is 3.69. The van der Waals surface area contributed by atoms with Crippen LogP contribution < -0.4 is 4.90 Å². The number of aromatic nitrogens is 3. The number of anilines is 1. The molecule has 1 atom stereocenters. The van der Waals surface area contributed by atoms with Gasteiger partial charge >= 0.3 is 5.97 Å². The van der Waals surface area contributed by atoms with Gasteiger partial charge in [-0.05, 0) is 31.7 Å². The van der Waals surface area contributed by atoms with E-state index in [1.54, 1.807) is 31.8 Å². The number of nitrogens with zero attached hydrogens (tertiary/aromatic N) is 5. The Hall–Kier alpha value is -2.54. The highest BCUT2D eigenvalue weighted by molar-refractivity contribution is 5.72. The SMILES string of the molecule is C[C@H](c1ccncc1)N(C)Cc1cnc(N(C)CC(=O)O)nc1. The summed E-state index contributed by atoms with van der Waals surface area (Å²) >= 11 is 0. The van der Waals surface area contributed by atoms with Crippen molar-refractivity contribution in [3.05, 3.63) is 48.0 Å². The molecule has 7 heteroatoms. The van der Waals surface area contributed by atoms with Crippen LogP contribution in [0.25, 0.3) is 0 Å². The predicted molar refractivity (Wildman–Crippen MR) is 87.1 cm³/mol. The van der Waals surface area contributed by atoms with Gasteiger partial charge in [0, 0.05) is 50.0 Å². The van der Waals surface area contributed by atoms with Crippen molar-refractivity contribution in [1.82, 2.24) is 19.9 Å². The maximum absolute atomic E-state index is 10.7. The van der Waals surface area contributed by atoms with Crippen LogP contribution in [0.3, 0.4) is 0 Å². The van der Waals surface area contributed by atoms with E-state index in [9.17, 15) is 4.79 Å². The Morgan fingerprint density at radius 1 is 1.22 bits per heavy atom. The molecule has 0 spiro atoms.